The Morgan fingerprint density at radius 1 is 1.00 bits per heavy atom. The number of rotatable bonds is 3. The van der Waals surface area contributed by atoms with E-state index in [0.717, 1.165) is 34.1 Å². The van der Waals surface area contributed by atoms with E-state index in [1.54, 1.807) is 6.07 Å². The van der Waals surface area contributed by atoms with Gasteiger partial charge in [-0.2, -0.15) is 0 Å². The number of aryl methyl sites for hydroxylation is 3. The number of nitrogens with zero attached hydrogens (tertiary/aromatic N) is 1. The summed E-state index contributed by atoms with van der Waals surface area (Å²) in [4.78, 5) is 26.2. The number of amides is 2. The molecule has 1 aliphatic heterocycles. The van der Waals surface area contributed by atoms with Crippen molar-refractivity contribution < 1.29 is 9.59 Å². The molecule has 1 fully saturated rings. The summed E-state index contributed by atoms with van der Waals surface area (Å²) in [7, 11) is 0. The standard InChI is InChI=1S/C18H18N2O2S/c1-11-5-4-6-14(9-11)20-17(21)16(23-18(20)22)19-15-10-12(2)7-8-13(15)3/h4-10,16,19H,1-3H3/t16-/m1/s1. The quantitative estimate of drug-likeness (QED) is 0.916. The fourth-order valence-electron chi connectivity index (χ4n) is 2.53. The molecule has 0 aromatic heterocycles. The fourth-order valence-corrected chi connectivity index (χ4v) is 3.43. The number of hydrogen-bond acceptors (Lipinski definition) is 4. The molecule has 0 unspecified atom stereocenters. The highest BCUT2D eigenvalue weighted by atomic mass is 32.2. The van der Waals surface area contributed by atoms with Crippen molar-refractivity contribution in [1.82, 2.24) is 0 Å². The van der Waals surface area contributed by atoms with Crippen LogP contribution in [0.15, 0.2) is 42.5 Å². The van der Waals surface area contributed by atoms with E-state index in [2.05, 4.69) is 5.32 Å². The normalized spacial score (nSPS) is 17.7. The van der Waals surface area contributed by atoms with Crippen molar-refractivity contribution in [3.63, 3.8) is 0 Å². The first-order chi connectivity index (χ1) is 11.0. The van der Waals surface area contributed by atoms with Crippen LogP contribution in [0.5, 0.6) is 0 Å². The first-order valence-corrected chi connectivity index (χ1v) is 8.29. The van der Waals surface area contributed by atoms with E-state index in [-0.39, 0.29) is 11.1 Å². The minimum Gasteiger partial charge on any atom is -0.365 e. The molecule has 0 aliphatic carbocycles. The van der Waals surface area contributed by atoms with Crippen LogP contribution in [0.25, 0.3) is 0 Å². The van der Waals surface area contributed by atoms with Crippen LogP contribution in [0, 0.1) is 20.8 Å². The van der Waals surface area contributed by atoms with Gasteiger partial charge in [0.2, 0.25) is 0 Å². The summed E-state index contributed by atoms with van der Waals surface area (Å²) in [6.07, 6.45) is 0. The minimum atomic E-state index is -0.594. The van der Waals surface area contributed by atoms with Gasteiger partial charge in [-0.3, -0.25) is 9.59 Å². The molecule has 1 saturated heterocycles. The highest BCUT2D eigenvalue weighted by Crippen LogP contribution is 2.33. The maximum atomic E-state index is 12.7. The van der Waals surface area contributed by atoms with Gasteiger partial charge in [0, 0.05) is 5.69 Å². The van der Waals surface area contributed by atoms with Gasteiger partial charge in [-0.15, -0.1) is 0 Å². The van der Waals surface area contributed by atoms with Crippen LogP contribution in [0.1, 0.15) is 16.7 Å². The van der Waals surface area contributed by atoms with Gasteiger partial charge in [0.05, 0.1) is 5.69 Å². The third-order valence-corrected chi connectivity index (χ3v) is 4.72. The molecule has 0 spiro atoms. The second kappa shape index (κ2) is 6.08. The molecule has 2 amide bonds. The van der Waals surface area contributed by atoms with Crippen LogP contribution in [0.4, 0.5) is 16.2 Å². The van der Waals surface area contributed by atoms with Gasteiger partial charge >= 0.3 is 0 Å². The Hall–Kier alpha value is -2.27. The van der Waals surface area contributed by atoms with Gasteiger partial charge < -0.3 is 5.32 Å². The van der Waals surface area contributed by atoms with Crippen molar-refractivity contribution in [2.75, 3.05) is 10.2 Å². The lowest BCUT2D eigenvalue weighted by molar-refractivity contribution is -0.116. The predicted octanol–water partition coefficient (Wildman–Crippen LogP) is 4.25. The third-order valence-electron chi connectivity index (χ3n) is 3.79. The zero-order valence-electron chi connectivity index (χ0n) is 13.3. The summed E-state index contributed by atoms with van der Waals surface area (Å²) in [5, 5.41) is 2.35. The van der Waals surface area contributed by atoms with Gasteiger partial charge in [-0.25, -0.2) is 4.90 Å². The van der Waals surface area contributed by atoms with Crippen molar-refractivity contribution in [3.8, 4) is 0 Å². The van der Waals surface area contributed by atoms with Crippen molar-refractivity contribution in [1.29, 1.82) is 0 Å². The maximum absolute atomic E-state index is 12.7. The number of imide groups is 1. The number of benzene rings is 2. The molecule has 3 rings (SSSR count). The molecule has 23 heavy (non-hydrogen) atoms. The molecule has 0 radical (unpaired) electrons. The highest BCUT2D eigenvalue weighted by molar-refractivity contribution is 8.16. The average Bonchev–Trinajstić information content (AvgIpc) is 2.77. The van der Waals surface area contributed by atoms with E-state index in [4.69, 9.17) is 0 Å². The van der Waals surface area contributed by atoms with Crippen molar-refractivity contribution in [3.05, 3.63) is 59.2 Å². The molecule has 1 atom stereocenters. The first-order valence-electron chi connectivity index (χ1n) is 7.41. The van der Waals surface area contributed by atoms with Crippen LogP contribution >= 0.6 is 11.8 Å². The summed E-state index contributed by atoms with van der Waals surface area (Å²) in [5.41, 5.74) is 4.67. The van der Waals surface area contributed by atoms with Gasteiger partial charge in [-0.05, 0) is 67.4 Å². The molecule has 0 bridgehead atoms. The minimum absolute atomic E-state index is 0.230. The number of hydrogen-bond donors (Lipinski definition) is 1. The van der Waals surface area contributed by atoms with Gasteiger partial charge in [0.25, 0.3) is 11.1 Å². The highest BCUT2D eigenvalue weighted by Gasteiger charge is 2.40. The second-order valence-electron chi connectivity index (χ2n) is 5.74. The summed E-state index contributed by atoms with van der Waals surface area (Å²) in [6.45, 7) is 5.91. The molecule has 1 aliphatic rings. The van der Waals surface area contributed by atoms with E-state index >= 15 is 0 Å². The Balaban J connectivity index is 1.85. The summed E-state index contributed by atoms with van der Waals surface area (Å²) in [6, 6.07) is 13.4. The van der Waals surface area contributed by atoms with Gasteiger partial charge in [-0.1, -0.05) is 24.3 Å². The zero-order chi connectivity index (χ0) is 16.6. The van der Waals surface area contributed by atoms with Crippen LogP contribution in [0.3, 0.4) is 0 Å². The Labute approximate surface area is 139 Å². The lowest BCUT2D eigenvalue weighted by atomic mass is 10.1. The number of carbonyl (C=O) groups excluding carboxylic acids is 2. The lowest BCUT2D eigenvalue weighted by Crippen LogP contribution is -2.34. The van der Waals surface area contributed by atoms with E-state index in [0.29, 0.717) is 5.69 Å². The fraction of sp³-hybridized carbons (Fsp3) is 0.222. The molecule has 2 aromatic carbocycles. The molecule has 2 aromatic rings. The van der Waals surface area contributed by atoms with Crippen LogP contribution < -0.4 is 10.2 Å². The van der Waals surface area contributed by atoms with Crippen LogP contribution in [-0.4, -0.2) is 16.5 Å². The maximum Gasteiger partial charge on any atom is 0.295 e. The zero-order valence-corrected chi connectivity index (χ0v) is 14.1. The summed E-state index contributed by atoms with van der Waals surface area (Å²) in [5.74, 6) is -0.230. The summed E-state index contributed by atoms with van der Waals surface area (Å²) >= 11 is 1.02. The van der Waals surface area contributed by atoms with Crippen molar-refractivity contribution >= 4 is 34.3 Å². The number of nitrogens with one attached hydrogen (secondary N) is 1. The molecular weight excluding hydrogens is 308 g/mol. The number of thioether (sulfide) groups is 1. The molecule has 118 valence electrons. The Bertz CT molecular complexity index is 788. The van der Waals surface area contributed by atoms with Gasteiger partial charge in [0.1, 0.15) is 0 Å². The Morgan fingerprint density at radius 2 is 1.74 bits per heavy atom. The van der Waals surface area contributed by atoms with E-state index in [9.17, 15) is 9.59 Å². The molecule has 1 heterocycles. The second-order valence-corrected chi connectivity index (χ2v) is 6.80. The van der Waals surface area contributed by atoms with Crippen LogP contribution in [0.2, 0.25) is 0 Å². The number of carbonyl (C=O) groups is 2. The SMILES string of the molecule is Cc1cccc(N2C(=O)S[C@@H](Nc3cc(C)ccc3C)C2=O)c1. The molecule has 0 saturated carbocycles. The van der Waals surface area contributed by atoms with Crippen molar-refractivity contribution in [2.24, 2.45) is 0 Å². The molecular formula is C18H18N2O2S. The van der Waals surface area contributed by atoms with Crippen molar-refractivity contribution in [2.45, 2.75) is 26.1 Å². The average molecular weight is 326 g/mol. The van der Waals surface area contributed by atoms with E-state index in [1.165, 1.54) is 4.90 Å². The topological polar surface area (TPSA) is 49.4 Å². The Morgan fingerprint density at radius 3 is 2.48 bits per heavy atom. The molecule has 1 N–H and O–H groups in total. The molecule has 4 nitrogen and oxygen atoms in total. The monoisotopic (exact) mass is 326 g/mol. The number of anilines is 2. The smallest absolute Gasteiger partial charge is 0.295 e. The largest absolute Gasteiger partial charge is 0.365 e. The van der Waals surface area contributed by atoms with Crippen LogP contribution in [-0.2, 0) is 4.79 Å². The first kappa shape index (κ1) is 15.6. The van der Waals surface area contributed by atoms with Gasteiger partial charge in [0.15, 0.2) is 5.37 Å². The predicted molar refractivity (Wildman–Crippen MR) is 95.0 cm³/mol. The molecule has 5 heteroatoms. The van der Waals surface area contributed by atoms with E-state index < -0.39 is 5.37 Å². The van der Waals surface area contributed by atoms with E-state index in [1.807, 2.05) is 57.2 Å². The Kier molecular flexibility index (Phi) is 4.13. The summed E-state index contributed by atoms with van der Waals surface area (Å²) < 4.78 is 0. The lowest BCUT2D eigenvalue weighted by Gasteiger charge is -2.16. The third kappa shape index (κ3) is 3.10.